The lowest BCUT2D eigenvalue weighted by Crippen LogP contribution is -2.49. The van der Waals surface area contributed by atoms with Gasteiger partial charge in [0.2, 0.25) is 0 Å². The predicted molar refractivity (Wildman–Crippen MR) is 99.3 cm³/mol. The van der Waals surface area contributed by atoms with Crippen molar-refractivity contribution in [1.82, 2.24) is 10.3 Å². The molecule has 0 aliphatic carbocycles. The molecule has 2 N–H and O–H groups in total. The van der Waals surface area contributed by atoms with E-state index < -0.39 is 11.5 Å². The van der Waals surface area contributed by atoms with Gasteiger partial charge >= 0.3 is 5.97 Å². The predicted octanol–water partition coefficient (Wildman–Crippen LogP) is 3.52. The molecule has 0 unspecified atom stereocenters. The maximum Gasteiger partial charge on any atom is 0.305 e. The Hall–Kier alpha value is -2.89. The van der Waals surface area contributed by atoms with Gasteiger partial charge in [-0.05, 0) is 36.6 Å². The summed E-state index contributed by atoms with van der Waals surface area (Å²) in [4.78, 5) is 28.0. The molecule has 138 valence electrons. The maximum atomic E-state index is 12.7. The number of carboxylic acids is 1. The van der Waals surface area contributed by atoms with Gasteiger partial charge in [0.15, 0.2) is 0 Å². The second kappa shape index (κ2) is 8.47. The Labute approximate surface area is 153 Å². The Balaban J connectivity index is 2.25. The monoisotopic (exact) mass is 356 g/mol. The molecule has 0 aliphatic rings. The Morgan fingerprint density at radius 2 is 1.77 bits per heavy atom. The number of hydrogen-bond acceptors (Lipinski definition) is 4. The summed E-state index contributed by atoms with van der Waals surface area (Å²) < 4.78 is 5.15. The summed E-state index contributed by atoms with van der Waals surface area (Å²) in [5, 5.41) is 12.1. The SMILES string of the molecule is CCC(CC)(CC(=O)O)NC(=O)c1cncc(-c2ccc(OC)cc2)c1. The van der Waals surface area contributed by atoms with Gasteiger partial charge in [0.25, 0.3) is 5.91 Å². The standard InChI is InChI=1S/C20H24N2O4/c1-4-20(5-2,11-18(23)24)22-19(25)16-10-15(12-21-13-16)14-6-8-17(26-3)9-7-14/h6-10,12-13H,4-5,11H2,1-3H3,(H,22,25)(H,23,24). The number of benzene rings is 1. The van der Waals surface area contributed by atoms with Crippen molar-refractivity contribution >= 4 is 11.9 Å². The topological polar surface area (TPSA) is 88.5 Å². The first-order chi connectivity index (χ1) is 12.4. The summed E-state index contributed by atoms with van der Waals surface area (Å²) in [5.41, 5.74) is 1.35. The molecule has 0 saturated heterocycles. The molecule has 1 aromatic heterocycles. The minimum Gasteiger partial charge on any atom is -0.497 e. The first kappa shape index (κ1) is 19.4. The van der Waals surface area contributed by atoms with Gasteiger partial charge in [-0.2, -0.15) is 0 Å². The van der Waals surface area contributed by atoms with E-state index in [4.69, 9.17) is 9.84 Å². The third-order valence-electron chi connectivity index (χ3n) is 4.65. The fourth-order valence-corrected chi connectivity index (χ4v) is 2.83. The number of rotatable bonds is 8. The number of amides is 1. The van der Waals surface area contributed by atoms with Crippen LogP contribution in [0.15, 0.2) is 42.7 Å². The number of nitrogens with zero attached hydrogens (tertiary/aromatic N) is 1. The van der Waals surface area contributed by atoms with Crippen molar-refractivity contribution in [3.8, 4) is 16.9 Å². The van der Waals surface area contributed by atoms with Gasteiger partial charge in [-0.25, -0.2) is 0 Å². The molecule has 0 aliphatic heterocycles. The van der Waals surface area contributed by atoms with Crippen LogP contribution in [0, 0.1) is 0 Å². The zero-order valence-electron chi connectivity index (χ0n) is 15.3. The second-order valence-electron chi connectivity index (χ2n) is 6.20. The summed E-state index contributed by atoms with van der Waals surface area (Å²) >= 11 is 0. The van der Waals surface area contributed by atoms with Crippen molar-refractivity contribution in [2.45, 2.75) is 38.6 Å². The molecular formula is C20H24N2O4. The fourth-order valence-electron chi connectivity index (χ4n) is 2.83. The Bertz CT molecular complexity index is 768. The van der Waals surface area contributed by atoms with Gasteiger partial charge in [-0.15, -0.1) is 0 Å². The van der Waals surface area contributed by atoms with Crippen molar-refractivity contribution in [3.63, 3.8) is 0 Å². The smallest absolute Gasteiger partial charge is 0.305 e. The number of pyridine rings is 1. The minimum atomic E-state index is -0.931. The van der Waals surface area contributed by atoms with E-state index in [0.29, 0.717) is 18.4 Å². The van der Waals surface area contributed by atoms with E-state index in [1.807, 2.05) is 38.1 Å². The molecule has 2 rings (SSSR count). The number of carbonyl (C=O) groups is 2. The van der Waals surface area contributed by atoms with E-state index >= 15 is 0 Å². The van der Waals surface area contributed by atoms with Crippen LogP contribution in [0.4, 0.5) is 0 Å². The van der Waals surface area contributed by atoms with Gasteiger partial charge < -0.3 is 15.2 Å². The van der Waals surface area contributed by atoms with Crippen molar-refractivity contribution in [2.24, 2.45) is 0 Å². The molecule has 2 aromatic rings. The molecule has 0 fully saturated rings. The number of carbonyl (C=O) groups excluding carboxylic acids is 1. The molecular weight excluding hydrogens is 332 g/mol. The normalized spacial score (nSPS) is 11.0. The van der Waals surface area contributed by atoms with E-state index in [2.05, 4.69) is 10.3 Å². The minimum absolute atomic E-state index is 0.114. The Morgan fingerprint density at radius 1 is 1.12 bits per heavy atom. The van der Waals surface area contributed by atoms with Crippen molar-refractivity contribution < 1.29 is 19.4 Å². The van der Waals surface area contributed by atoms with Crippen molar-refractivity contribution in [3.05, 3.63) is 48.3 Å². The fraction of sp³-hybridized carbons (Fsp3) is 0.350. The van der Waals surface area contributed by atoms with Gasteiger partial charge in [-0.1, -0.05) is 26.0 Å². The lowest BCUT2D eigenvalue weighted by atomic mass is 9.88. The number of aliphatic carboxylic acids is 1. The highest BCUT2D eigenvalue weighted by atomic mass is 16.5. The van der Waals surface area contributed by atoms with Crippen LogP contribution in [0.25, 0.3) is 11.1 Å². The van der Waals surface area contributed by atoms with Gasteiger partial charge in [0, 0.05) is 18.0 Å². The molecule has 1 amide bonds. The van der Waals surface area contributed by atoms with Gasteiger partial charge in [0.1, 0.15) is 5.75 Å². The molecule has 0 saturated carbocycles. The second-order valence-corrected chi connectivity index (χ2v) is 6.20. The van der Waals surface area contributed by atoms with E-state index in [1.54, 1.807) is 19.4 Å². The van der Waals surface area contributed by atoms with Crippen LogP contribution in [-0.4, -0.2) is 34.6 Å². The largest absolute Gasteiger partial charge is 0.497 e. The summed E-state index contributed by atoms with van der Waals surface area (Å²) in [7, 11) is 1.60. The molecule has 6 nitrogen and oxygen atoms in total. The van der Waals surface area contributed by atoms with Crippen molar-refractivity contribution in [2.75, 3.05) is 7.11 Å². The highest BCUT2D eigenvalue weighted by Crippen LogP contribution is 2.24. The number of nitrogens with one attached hydrogen (secondary N) is 1. The molecule has 6 heteroatoms. The summed E-state index contributed by atoms with van der Waals surface area (Å²) in [6, 6.07) is 9.22. The number of ether oxygens (including phenoxy) is 1. The van der Waals surface area contributed by atoms with E-state index in [9.17, 15) is 9.59 Å². The van der Waals surface area contributed by atoms with Crippen LogP contribution in [0.3, 0.4) is 0 Å². The first-order valence-corrected chi connectivity index (χ1v) is 8.57. The van der Waals surface area contributed by atoms with Gasteiger partial charge in [-0.3, -0.25) is 14.6 Å². The van der Waals surface area contributed by atoms with Crippen molar-refractivity contribution in [1.29, 1.82) is 0 Å². The molecule has 1 heterocycles. The van der Waals surface area contributed by atoms with Crippen LogP contribution in [0.2, 0.25) is 0 Å². The lowest BCUT2D eigenvalue weighted by molar-refractivity contribution is -0.138. The van der Waals surface area contributed by atoms with E-state index in [-0.39, 0.29) is 12.3 Å². The third-order valence-corrected chi connectivity index (χ3v) is 4.65. The van der Waals surface area contributed by atoms with Crippen LogP contribution < -0.4 is 10.1 Å². The van der Waals surface area contributed by atoms with Crippen LogP contribution in [-0.2, 0) is 4.79 Å². The summed E-state index contributed by atoms with van der Waals surface area (Å²) in [6.07, 6.45) is 4.12. The van der Waals surface area contributed by atoms with E-state index in [1.165, 1.54) is 6.20 Å². The quantitative estimate of drug-likeness (QED) is 0.755. The molecule has 0 bridgehead atoms. The maximum absolute atomic E-state index is 12.7. The molecule has 26 heavy (non-hydrogen) atoms. The zero-order valence-corrected chi connectivity index (χ0v) is 15.3. The first-order valence-electron chi connectivity index (χ1n) is 8.57. The number of carboxylic acid groups (broad SMARTS) is 1. The molecule has 1 aromatic carbocycles. The highest BCUT2D eigenvalue weighted by molar-refractivity contribution is 5.95. The van der Waals surface area contributed by atoms with Crippen LogP contribution >= 0.6 is 0 Å². The van der Waals surface area contributed by atoms with Crippen LogP contribution in [0.1, 0.15) is 43.5 Å². The summed E-state index contributed by atoms with van der Waals surface area (Å²) in [6.45, 7) is 3.75. The Morgan fingerprint density at radius 3 is 2.31 bits per heavy atom. The van der Waals surface area contributed by atoms with Gasteiger partial charge in [0.05, 0.1) is 24.6 Å². The number of aromatic nitrogens is 1. The molecule has 0 atom stereocenters. The molecule has 0 radical (unpaired) electrons. The highest BCUT2D eigenvalue weighted by Gasteiger charge is 2.31. The summed E-state index contributed by atoms with van der Waals surface area (Å²) in [5.74, 6) is -0.503. The zero-order chi connectivity index (χ0) is 19.2. The lowest BCUT2D eigenvalue weighted by Gasteiger charge is -2.31. The third kappa shape index (κ3) is 4.59. The average Bonchev–Trinajstić information content (AvgIpc) is 2.67. The number of methoxy groups -OCH3 is 1. The molecule has 0 spiro atoms. The number of hydrogen-bond donors (Lipinski definition) is 2. The van der Waals surface area contributed by atoms with Crippen LogP contribution in [0.5, 0.6) is 5.75 Å². The van der Waals surface area contributed by atoms with E-state index in [0.717, 1.165) is 16.9 Å². The Kier molecular flexibility index (Phi) is 6.33. The average molecular weight is 356 g/mol.